The molecule has 374 valence electrons. The lowest BCUT2D eigenvalue weighted by Gasteiger charge is -2.32. The average molecular weight is 912 g/mol. The van der Waals surface area contributed by atoms with Crippen LogP contribution in [0.2, 0.25) is 0 Å². The van der Waals surface area contributed by atoms with Gasteiger partial charge in [0.25, 0.3) is 0 Å². The molecular formula is C51H93NO12. The fourth-order valence-electron chi connectivity index (χ4n) is 7.24. The number of esters is 6. The van der Waals surface area contributed by atoms with E-state index in [9.17, 15) is 28.8 Å². The Kier molecular flexibility index (Phi) is 39.2. The first-order chi connectivity index (χ1) is 30.8. The maximum absolute atomic E-state index is 13.4. The molecule has 0 aromatic heterocycles. The summed E-state index contributed by atoms with van der Waals surface area (Å²) in [5, 5.41) is 0. The molecule has 0 unspecified atom stereocenters. The van der Waals surface area contributed by atoms with Gasteiger partial charge < -0.3 is 33.3 Å². The molecule has 0 saturated heterocycles. The Morgan fingerprint density at radius 3 is 1.11 bits per heavy atom. The van der Waals surface area contributed by atoms with Crippen LogP contribution >= 0.6 is 0 Å². The molecule has 13 heteroatoms. The van der Waals surface area contributed by atoms with Crippen molar-refractivity contribution in [2.45, 2.75) is 228 Å². The summed E-state index contributed by atoms with van der Waals surface area (Å²) < 4.78 is 33.9. The van der Waals surface area contributed by atoms with Crippen LogP contribution in [0.1, 0.15) is 222 Å². The topological polar surface area (TPSA) is 161 Å². The highest BCUT2D eigenvalue weighted by Crippen LogP contribution is 2.25. The average Bonchev–Trinajstić information content (AvgIpc) is 3.28. The smallest absolute Gasteiger partial charge is 0.306 e. The van der Waals surface area contributed by atoms with Gasteiger partial charge in [0.15, 0.2) is 0 Å². The Hall–Kier alpha value is -3.22. The minimum absolute atomic E-state index is 0.0291. The van der Waals surface area contributed by atoms with E-state index in [1.807, 2.05) is 0 Å². The minimum atomic E-state index is -1.38. The van der Waals surface area contributed by atoms with Crippen LogP contribution in [-0.2, 0) is 57.2 Å². The van der Waals surface area contributed by atoms with Crippen molar-refractivity contribution in [1.29, 1.82) is 0 Å². The van der Waals surface area contributed by atoms with Crippen molar-refractivity contribution in [3.63, 3.8) is 0 Å². The molecule has 0 aliphatic heterocycles. The van der Waals surface area contributed by atoms with Crippen LogP contribution in [0.4, 0.5) is 0 Å². The molecule has 0 amide bonds. The van der Waals surface area contributed by atoms with E-state index in [1.54, 1.807) is 0 Å². The third-order valence-corrected chi connectivity index (χ3v) is 11.6. The maximum atomic E-state index is 13.4. The summed E-state index contributed by atoms with van der Waals surface area (Å²) in [6.45, 7) is 15.9. The summed E-state index contributed by atoms with van der Waals surface area (Å²) >= 11 is 0. The SMILES string of the molecule is CCCCCCCOC(=O)CCCCC(=O)OCC(COC(=O)CCCCC(=O)OCCCCCCC)(COC(=O)CCCN(CC)C(C)C)COC(=O)CC(CCCC)CCCC. The summed E-state index contributed by atoms with van der Waals surface area (Å²) in [4.78, 5) is 79.5. The molecule has 0 aliphatic carbocycles. The fourth-order valence-corrected chi connectivity index (χ4v) is 7.24. The van der Waals surface area contributed by atoms with Gasteiger partial charge in [0.05, 0.1) is 13.2 Å². The standard InChI is InChI=1S/C51H93NO12/c1-8-13-17-19-25-36-59-45(53)30-21-23-32-47(55)61-39-51(41-63-49(57)34-27-35-52(12-5)43(6)7,42-64-50(58)38-44(28-15-10-3)29-16-11-4)40-62-48(56)33-24-22-31-46(54)60-37-26-20-18-14-9-2/h43-44H,8-42H2,1-7H3. The Labute approximate surface area is 388 Å². The number of rotatable bonds is 44. The molecule has 0 saturated carbocycles. The van der Waals surface area contributed by atoms with E-state index < -0.39 is 29.3 Å². The maximum Gasteiger partial charge on any atom is 0.306 e. The van der Waals surface area contributed by atoms with Crippen LogP contribution in [0.15, 0.2) is 0 Å². The van der Waals surface area contributed by atoms with Crippen molar-refractivity contribution < 1.29 is 57.2 Å². The monoisotopic (exact) mass is 912 g/mol. The Morgan fingerprint density at radius 1 is 0.406 bits per heavy atom. The number of carbonyl (C=O) groups excluding carboxylic acids is 6. The van der Waals surface area contributed by atoms with Gasteiger partial charge in [-0.1, -0.05) is 112 Å². The first-order valence-corrected chi connectivity index (χ1v) is 25.5. The number of hydrogen-bond donors (Lipinski definition) is 0. The van der Waals surface area contributed by atoms with E-state index in [4.69, 9.17) is 28.4 Å². The molecule has 0 rings (SSSR count). The van der Waals surface area contributed by atoms with Crippen molar-refractivity contribution in [1.82, 2.24) is 4.90 Å². The van der Waals surface area contributed by atoms with Crippen molar-refractivity contribution in [2.75, 3.05) is 52.7 Å². The molecule has 0 N–H and O–H groups in total. The number of nitrogens with zero attached hydrogens (tertiary/aromatic N) is 1. The molecule has 0 atom stereocenters. The second kappa shape index (κ2) is 41.2. The molecule has 0 aliphatic rings. The third-order valence-electron chi connectivity index (χ3n) is 11.6. The van der Waals surface area contributed by atoms with Crippen molar-refractivity contribution in [3.8, 4) is 0 Å². The largest absolute Gasteiger partial charge is 0.466 e. The quantitative estimate of drug-likeness (QED) is 0.0323. The summed E-state index contributed by atoms with van der Waals surface area (Å²) in [5.74, 6) is -2.39. The molecule has 0 aromatic rings. The van der Waals surface area contributed by atoms with Crippen LogP contribution in [0.3, 0.4) is 0 Å². The summed E-state index contributed by atoms with van der Waals surface area (Å²) in [6, 6.07) is 0.328. The zero-order valence-electron chi connectivity index (χ0n) is 41.7. The highest BCUT2D eigenvalue weighted by atomic mass is 16.6. The summed E-state index contributed by atoms with van der Waals surface area (Å²) in [7, 11) is 0. The van der Waals surface area contributed by atoms with E-state index >= 15 is 0 Å². The summed E-state index contributed by atoms with van der Waals surface area (Å²) in [6.07, 6.45) is 19.5. The van der Waals surface area contributed by atoms with E-state index in [0.717, 1.165) is 96.4 Å². The lowest BCUT2D eigenvalue weighted by molar-refractivity contribution is -0.171. The predicted octanol–water partition coefficient (Wildman–Crippen LogP) is 11.2. The highest BCUT2D eigenvalue weighted by molar-refractivity contribution is 5.72. The molecule has 0 heterocycles. The number of ether oxygens (including phenoxy) is 6. The Bertz CT molecular complexity index is 1160. The molecular weight excluding hydrogens is 819 g/mol. The van der Waals surface area contributed by atoms with Gasteiger partial charge in [-0.25, -0.2) is 0 Å². The number of hydrogen-bond acceptors (Lipinski definition) is 13. The number of unbranched alkanes of at least 4 members (excludes halogenated alkanes) is 12. The first kappa shape index (κ1) is 60.8. The van der Waals surface area contributed by atoms with Gasteiger partial charge in [0.2, 0.25) is 0 Å². The van der Waals surface area contributed by atoms with Crippen LogP contribution in [-0.4, -0.2) is 99.5 Å². The van der Waals surface area contributed by atoms with Gasteiger partial charge in [0.1, 0.15) is 31.8 Å². The van der Waals surface area contributed by atoms with Gasteiger partial charge in [0, 0.05) is 44.6 Å². The van der Waals surface area contributed by atoms with E-state index in [0.29, 0.717) is 57.9 Å². The van der Waals surface area contributed by atoms with Crippen LogP contribution in [0.5, 0.6) is 0 Å². The second-order valence-corrected chi connectivity index (χ2v) is 18.0. The van der Waals surface area contributed by atoms with Gasteiger partial charge in [-0.05, 0) is 90.6 Å². The fraction of sp³-hybridized carbons (Fsp3) is 0.882. The van der Waals surface area contributed by atoms with Crippen molar-refractivity contribution >= 4 is 35.8 Å². The van der Waals surface area contributed by atoms with Gasteiger partial charge in [-0.15, -0.1) is 0 Å². The molecule has 0 bridgehead atoms. The van der Waals surface area contributed by atoms with Gasteiger partial charge in [-0.3, -0.25) is 28.8 Å². The predicted molar refractivity (Wildman–Crippen MR) is 251 cm³/mol. The second-order valence-electron chi connectivity index (χ2n) is 18.0. The zero-order chi connectivity index (χ0) is 47.7. The molecule has 0 aromatic carbocycles. The van der Waals surface area contributed by atoms with Crippen molar-refractivity contribution in [2.24, 2.45) is 11.3 Å². The molecule has 0 radical (unpaired) electrons. The molecule has 0 fully saturated rings. The lowest BCUT2D eigenvalue weighted by atomic mass is 9.91. The van der Waals surface area contributed by atoms with Crippen LogP contribution in [0.25, 0.3) is 0 Å². The van der Waals surface area contributed by atoms with E-state index in [2.05, 4.69) is 53.4 Å². The highest BCUT2D eigenvalue weighted by Gasteiger charge is 2.38. The van der Waals surface area contributed by atoms with Gasteiger partial charge in [-0.2, -0.15) is 0 Å². The Morgan fingerprint density at radius 2 is 0.750 bits per heavy atom. The molecule has 64 heavy (non-hydrogen) atoms. The van der Waals surface area contributed by atoms with Gasteiger partial charge >= 0.3 is 35.8 Å². The molecule has 0 spiro atoms. The molecule has 13 nitrogen and oxygen atoms in total. The normalized spacial score (nSPS) is 11.5. The van der Waals surface area contributed by atoms with Crippen LogP contribution < -0.4 is 0 Å². The minimum Gasteiger partial charge on any atom is -0.466 e. The zero-order valence-corrected chi connectivity index (χ0v) is 41.7. The van der Waals surface area contributed by atoms with Crippen LogP contribution in [0, 0.1) is 11.3 Å². The van der Waals surface area contributed by atoms with E-state index in [1.165, 1.54) is 12.8 Å². The van der Waals surface area contributed by atoms with Crippen molar-refractivity contribution in [3.05, 3.63) is 0 Å². The first-order valence-electron chi connectivity index (χ1n) is 25.5. The lowest BCUT2D eigenvalue weighted by Crippen LogP contribution is -2.44. The third kappa shape index (κ3) is 35.1. The van der Waals surface area contributed by atoms with E-state index in [-0.39, 0.29) is 82.8 Å². The number of carbonyl (C=O) groups is 6. The Balaban J connectivity index is 5.84. The summed E-state index contributed by atoms with van der Waals surface area (Å²) in [5.41, 5.74) is -1.38.